The number of ether oxygens (including phenoxy) is 2. The van der Waals surface area contributed by atoms with E-state index in [9.17, 15) is 4.79 Å². The quantitative estimate of drug-likeness (QED) is 0.871. The van der Waals surface area contributed by atoms with Crippen molar-refractivity contribution in [3.05, 3.63) is 53.7 Å². The normalized spacial score (nSPS) is 17.1. The summed E-state index contributed by atoms with van der Waals surface area (Å²) in [6, 6.07) is 11.1. The average molecular weight is 312 g/mol. The molecule has 0 N–H and O–H groups in total. The SMILES string of the molecule is COc1cccc(C(=O)N2CCC(Oc3ccc(C)cn3)C2)c1. The van der Waals surface area contributed by atoms with Crippen molar-refractivity contribution in [1.29, 1.82) is 0 Å². The van der Waals surface area contributed by atoms with Crippen LogP contribution in [0.25, 0.3) is 0 Å². The zero-order chi connectivity index (χ0) is 16.2. The van der Waals surface area contributed by atoms with Gasteiger partial charge >= 0.3 is 0 Å². The maximum absolute atomic E-state index is 12.6. The Morgan fingerprint density at radius 1 is 1.30 bits per heavy atom. The van der Waals surface area contributed by atoms with Gasteiger partial charge in [-0.3, -0.25) is 4.79 Å². The Kier molecular flexibility index (Phi) is 4.46. The number of aromatic nitrogens is 1. The highest BCUT2D eigenvalue weighted by atomic mass is 16.5. The number of carbonyl (C=O) groups is 1. The van der Waals surface area contributed by atoms with Crippen molar-refractivity contribution in [3.63, 3.8) is 0 Å². The number of pyridine rings is 1. The van der Waals surface area contributed by atoms with Crippen LogP contribution in [0.2, 0.25) is 0 Å². The molecule has 1 unspecified atom stereocenters. The zero-order valence-corrected chi connectivity index (χ0v) is 13.4. The highest BCUT2D eigenvalue weighted by Crippen LogP contribution is 2.20. The first-order valence-corrected chi connectivity index (χ1v) is 7.68. The van der Waals surface area contributed by atoms with Gasteiger partial charge in [0.25, 0.3) is 5.91 Å². The van der Waals surface area contributed by atoms with Crippen LogP contribution in [0.4, 0.5) is 0 Å². The maximum atomic E-state index is 12.6. The average Bonchev–Trinajstić information content (AvgIpc) is 3.05. The summed E-state index contributed by atoms with van der Waals surface area (Å²) in [5, 5.41) is 0. The lowest BCUT2D eigenvalue weighted by atomic mass is 10.2. The molecule has 3 rings (SSSR count). The van der Waals surface area contributed by atoms with Crippen LogP contribution in [0, 0.1) is 6.92 Å². The van der Waals surface area contributed by atoms with Crippen LogP contribution in [-0.4, -0.2) is 42.1 Å². The number of benzene rings is 1. The van der Waals surface area contributed by atoms with Crippen LogP contribution in [0.3, 0.4) is 0 Å². The number of hydrogen-bond donors (Lipinski definition) is 0. The summed E-state index contributed by atoms with van der Waals surface area (Å²) in [6.45, 7) is 3.25. The third kappa shape index (κ3) is 3.62. The van der Waals surface area contributed by atoms with Crippen molar-refractivity contribution < 1.29 is 14.3 Å². The number of carbonyl (C=O) groups excluding carboxylic acids is 1. The van der Waals surface area contributed by atoms with Crippen molar-refractivity contribution in [3.8, 4) is 11.6 Å². The van der Waals surface area contributed by atoms with E-state index in [1.54, 1.807) is 25.4 Å². The fraction of sp³-hybridized carbons (Fsp3) is 0.333. The molecule has 5 nitrogen and oxygen atoms in total. The summed E-state index contributed by atoms with van der Waals surface area (Å²) in [6.07, 6.45) is 2.58. The molecule has 1 aromatic heterocycles. The molecule has 0 bridgehead atoms. The third-order valence-electron chi connectivity index (χ3n) is 3.92. The Labute approximate surface area is 135 Å². The van der Waals surface area contributed by atoms with Crippen molar-refractivity contribution >= 4 is 5.91 Å². The molecule has 1 aliphatic rings. The molecule has 2 aromatic rings. The first-order chi connectivity index (χ1) is 11.2. The van der Waals surface area contributed by atoms with Crippen LogP contribution in [0.1, 0.15) is 22.3 Å². The van der Waals surface area contributed by atoms with Crippen molar-refractivity contribution in [2.75, 3.05) is 20.2 Å². The smallest absolute Gasteiger partial charge is 0.254 e. The van der Waals surface area contributed by atoms with E-state index in [4.69, 9.17) is 9.47 Å². The monoisotopic (exact) mass is 312 g/mol. The molecule has 1 aromatic carbocycles. The van der Waals surface area contributed by atoms with Gasteiger partial charge in [-0.25, -0.2) is 4.98 Å². The highest BCUT2D eigenvalue weighted by molar-refractivity contribution is 5.94. The maximum Gasteiger partial charge on any atom is 0.254 e. The van der Waals surface area contributed by atoms with Gasteiger partial charge in [0.1, 0.15) is 11.9 Å². The van der Waals surface area contributed by atoms with Gasteiger partial charge in [-0.1, -0.05) is 12.1 Å². The van der Waals surface area contributed by atoms with Crippen molar-refractivity contribution in [2.24, 2.45) is 0 Å². The van der Waals surface area contributed by atoms with Gasteiger partial charge in [0.05, 0.1) is 13.7 Å². The summed E-state index contributed by atoms with van der Waals surface area (Å²) in [5.41, 5.74) is 1.73. The van der Waals surface area contributed by atoms with Gasteiger partial charge in [0.2, 0.25) is 5.88 Å². The van der Waals surface area contributed by atoms with Gasteiger partial charge in [0, 0.05) is 30.8 Å². The Morgan fingerprint density at radius 2 is 2.17 bits per heavy atom. The predicted octanol–water partition coefficient (Wildman–Crippen LogP) is 2.69. The second-order valence-corrected chi connectivity index (χ2v) is 5.69. The molecule has 0 saturated carbocycles. The fourth-order valence-electron chi connectivity index (χ4n) is 2.64. The number of methoxy groups -OCH3 is 1. The van der Waals surface area contributed by atoms with E-state index in [-0.39, 0.29) is 12.0 Å². The van der Waals surface area contributed by atoms with Gasteiger partial charge in [0.15, 0.2) is 0 Å². The van der Waals surface area contributed by atoms with Crippen LogP contribution in [-0.2, 0) is 0 Å². The highest BCUT2D eigenvalue weighted by Gasteiger charge is 2.28. The molecule has 2 heterocycles. The Morgan fingerprint density at radius 3 is 2.91 bits per heavy atom. The van der Waals surface area contributed by atoms with E-state index < -0.39 is 0 Å². The van der Waals surface area contributed by atoms with Gasteiger partial charge in [-0.05, 0) is 30.7 Å². The standard InChI is InChI=1S/C18H20N2O3/c1-13-6-7-17(19-11-13)23-16-8-9-20(12-16)18(21)14-4-3-5-15(10-14)22-2/h3-7,10-11,16H,8-9,12H2,1-2H3. The number of hydrogen-bond acceptors (Lipinski definition) is 4. The van der Waals surface area contributed by atoms with Crippen LogP contribution in [0.5, 0.6) is 11.6 Å². The molecule has 0 aliphatic carbocycles. The zero-order valence-electron chi connectivity index (χ0n) is 13.4. The Hall–Kier alpha value is -2.56. The van der Waals surface area contributed by atoms with Gasteiger partial charge in [-0.15, -0.1) is 0 Å². The van der Waals surface area contributed by atoms with E-state index in [2.05, 4.69) is 4.98 Å². The van der Waals surface area contributed by atoms with Crippen molar-refractivity contribution in [1.82, 2.24) is 9.88 Å². The van der Waals surface area contributed by atoms with E-state index in [0.29, 0.717) is 30.3 Å². The van der Waals surface area contributed by atoms with E-state index in [1.807, 2.05) is 36.1 Å². The van der Waals surface area contributed by atoms with Crippen LogP contribution in [0.15, 0.2) is 42.6 Å². The first-order valence-electron chi connectivity index (χ1n) is 7.68. The Bertz CT molecular complexity index is 685. The van der Waals surface area contributed by atoms with E-state index >= 15 is 0 Å². The molecule has 1 aliphatic heterocycles. The van der Waals surface area contributed by atoms with Crippen molar-refractivity contribution in [2.45, 2.75) is 19.4 Å². The molecule has 1 saturated heterocycles. The molecule has 0 spiro atoms. The minimum Gasteiger partial charge on any atom is -0.497 e. The topological polar surface area (TPSA) is 51.7 Å². The largest absolute Gasteiger partial charge is 0.497 e. The van der Waals surface area contributed by atoms with Gasteiger partial charge in [-0.2, -0.15) is 0 Å². The minimum absolute atomic E-state index is 0.00636. The lowest BCUT2D eigenvalue weighted by Crippen LogP contribution is -2.31. The first kappa shape index (κ1) is 15.3. The van der Waals surface area contributed by atoms with E-state index in [0.717, 1.165) is 12.0 Å². The summed E-state index contributed by atoms with van der Waals surface area (Å²) < 4.78 is 11.0. The molecule has 1 amide bonds. The third-order valence-corrected chi connectivity index (χ3v) is 3.92. The molecule has 1 fully saturated rings. The summed E-state index contributed by atoms with van der Waals surface area (Å²) >= 11 is 0. The number of nitrogens with zero attached hydrogens (tertiary/aromatic N) is 2. The lowest BCUT2D eigenvalue weighted by molar-refractivity contribution is 0.0771. The second-order valence-electron chi connectivity index (χ2n) is 5.69. The molecular formula is C18H20N2O3. The number of amides is 1. The summed E-state index contributed by atoms with van der Waals surface area (Å²) in [5.74, 6) is 1.30. The lowest BCUT2D eigenvalue weighted by Gasteiger charge is -2.17. The fourth-order valence-corrected chi connectivity index (χ4v) is 2.64. The summed E-state index contributed by atoms with van der Waals surface area (Å²) in [7, 11) is 1.60. The summed E-state index contributed by atoms with van der Waals surface area (Å²) in [4.78, 5) is 18.6. The molecule has 5 heteroatoms. The number of rotatable bonds is 4. The Balaban J connectivity index is 1.62. The van der Waals surface area contributed by atoms with E-state index in [1.165, 1.54) is 0 Å². The molecule has 120 valence electrons. The number of aryl methyl sites for hydroxylation is 1. The number of likely N-dealkylation sites (tertiary alicyclic amines) is 1. The molecule has 23 heavy (non-hydrogen) atoms. The van der Waals surface area contributed by atoms with Crippen LogP contribution < -0.4 is 9.47 Å². The van der Waals surface area contributed by atoms with Crippen LogP contribution >= 0.6 is 0 Å². The predicted molar refractivity (Wildman–Crippen MR) is 86.9 cm³/mol. The minimum atomic E-state index is -0.0141. The second kappa shape index (κ2) is 6.69. The molecule has 0 radical (unpaired) electrons. The van der Waals surface area contributed by atoms with Gasteiger partial charge < -0.3 is 14.4 Å². The molecular weight excluding hydrogens is 292 g/mol. The molecule has 1 atom stereocenters.